The van der Waals surface area contributed by atoms with E-state index in [0.29, 0.717) is 45.0 Å². The second-order valence-electron chi connectivity index (χ2n) is 12.2. The molecule has 0 unspecified atom stereocenters. The summed E-state index contributed by atoms with van der Waals surface area (Å²) in [6, 6.07) is 26.5. The molecular formula is C38H42N4O8. The zero-order chi connectivity index (χ0) is 34.7. The van der Waals surface area contributed by atoms with Crippen molar-refractivity contribution < 1.29 is 33.7 Å². The van der Waals surface area contributed by atoms with E-state index in [1.807, 2.05) is 59.3 Å². The lowest BCUT2D eigenvalue weighted by atomic mass is 9.85. The lowest BCUT2D eigenvalue weighted by Gasteiger charge is -2.39. The summed E-state index contributed by atoms with van der Waals surface area (Å²) in [6.07, 6.45) is 4.53. The third-order valence-corrected chi connectivity index (χ3v) is 8.69. The molecule has 6 rings (SSSR count). The monoisotopic (exact) mass is 682 g/mol. The molecule has 1 aromatic heterocycles. The molecule has 1 aliphatic heterocycles. The van der Waals surface area contributed by atoms with E-state index in [9.17, 15) is 15.2 Å². The van der Waals surface area contributed by atoms with Crippen LogP contribution in [0.15, 0.2) is 104 Å². The van der Waals surface area contributed by atoms with Gasteiger partial charge in [0.05, 0.1) is 69.6 Å². The Bertz CT molecular complexity index is 1820. The SMILES string of the molecule is COc1cc(CO[C@H]2CNC[C@@H](OC[C@H](O)Cn3ccnc3)[C@@H]2c2ccc(OCCCOc3ccccc3[N+](=O)[O-])cc2)cc2ccccc12. The molecule has 5 aromatic rings. The zero-order valence-corrected chi connectivity index (χ0v) is 27.9. The number of fused-ring (bicyclic) bond motifs is 1. The molecule has 1 saturated heterocycles. The number of imidazole rings is 1. The van der Waals surface area contributed by atoms with Gasteiger partial charge in [0.1, 0.15) is 11.5 Å². The lowest BCUT2D eigenvalue weighted by Crippen LogP contribution is -2.51. The number of para-hydroxylation sites is 2. The van der Waals surface area contributed by atoms with Crippen molar-refractivity contribution in [1.29, 1.82) is 0 Å². The highest BCUT2D eigenvalue weighted by atomic mass is 16.6. The Morgan fingerprint density at radius 3 is 2.50 bits per heavy atom. The van der Waals surface area contributed by atoms with Crippen LogP contribution in [0.25, 0.3) is 10.8 Å². The van der Waals surface area contributed by atoms with Crippen LogP contribution in [0.2, 0.25) is 0 Å². The summed E-state index contributed by atoms with van der Waals surface area (Å²) in [5.41, 5.74) is 1.98. The van der Waals surface area contributed by atoms with Gasteiger partial charge in [-0.3, -0.25) is 10.1 Å². The van der Waals surface area contributed by atoms with Crippen molar-refractivity contribution in [3.05, 3.63) is 125 Å². The van der Waals surface area contributed by atoms with Crippen LogP contribution in [0.3, 0.4) is 0 Å². The van der Waals surface area contributed by atoms with Crippen molar-refractivity contribution in [1.82, 2.24) is 14.9 Å². The predicted molar refractivity (Wildman–Crippen MR) is 188 cm³/mol. The molecule has 262 valence electrons. The maximum Gasteiger partial charge on any atom is 0.310 e. The number of nitrogens with one attached hydrogen (secondary N) is 1. The molecule has 0 bridgehead atoms. The minimum Gasteiger partial charge on any atom is -0.496 e. The molecule has 2 heterocycles. The van der Waals surface area contributed by atoms with Crippen molar-refractivity contribution in [3.63, 3.8) is 0 Å². The van der Waals surface area contributed by atoms with Crippen molar-refractivity contribution in [2.45, 2.75) is 43.8 Å². The highest BCUT2D eigenvalue weighted by Gasteiger charge is 2.36. The van der Waals surface area contributed by atoms with Gasteiger partial charge in [0, 0.05) is 49.3 Å². The van der Waals surface area contributed by atoms with Crippen molar-refractivity contribution in [2.75, 3.05) is 40.0 Å². The Hall–Kier alpha value is -5.01. The molecule has 0 saturated carbocycles. The number of aromatic nitrogens is 2. The standard InChI is InChI=1S/C38H42N4O8/c1-46-35-20-27(19-29-7-2-3-8-32(29)35)24-49-36-21-40-22-37(50-25-30(43)23-41-16-15-39-26-41)38(36)28-11-13-31(14-12-28)47-17-6-18-48-34-10-5-4-9-33(34)42(44)45/h2-5,7-16,19-20,26,30,36-38,40,43H,6,17-18,21-25H2,1H3/t30-,36+,37-,38-/m1/s1. The third-order valence-electron chi connectivity index (χ3n) is 8.69. The summed E-state index contributed by atoms with van der Waals surface area (Å²) in [5, 5.41) is 27.6. The van der Waals surface area contributed by atoms with Gasteiger partial charge in [0.25, 0.3) is 0 Å². The van der Waals surface area contributed by atoms with E-state index >= 15 is 0 Å². The molecule has 2 N–H and O–H groups in total. The minimum absolute atomic E-state index is 0.0591. The number of rotatable bonds is 17. The number of hydrogen-bond acceptors (Lipinski definition) is 10. The molecule has 12 heteroatoms. The molecule has 50 heavy (non-hydrogen) atoms. The molecule has 0 spiro atoms. The lowest BCUT2D eigenvalue weighted by molar-refractivity contribution is -0.385. The van der Waals surface area contributed by atoms with Gasteiger partial charge in [-0.15, -0.1) is 0 Å². The van der Waals surface area contributed by atoms with E-state index in [4.69, 9.17) is 23.7 Å². The summed E-state index contributed by atoms with van der Waals surface area (Å²) in [6.45, 7) is 2.82. The summed E-state index contributed by atoms with van der Waals surface area (Å²) >= 11 is 0. The quantitative estimate of drug-likeness (QED) is 0.0732. The maximum atomic E-state index is 11.2. The van der Waals surface area contributed by atoms with Gasteiger partial charge in [-0.25, -0.2) is 4.98 Å². The number of aliphatic hydroxyl groups is 1. The van der Waals surface area contributed by atoms with E-state index in [1.165, 1.54) is 6.07 Å². The normalized spacial score (nSPS) is 18.1. The topological polar surface area (TPSA) is 139 Å². The Balaban J connectivity index is 1.11. The molecule has 0 radical (unpaired) electrons. The van der Waals surface area contributed by atoms with Gasteiger partial charge < -0.3 is 38.7 Å². The second-order valence-corrected chi connectivity index (χ2v) is 12.2. The minimum atomic E-state index is -0.705. The number of hydrogen-bond donors (Lipinski definition) is 2. The number of aliphatic hydroxyl groups excluding tert-OH is 1. The first kappa shape index (κ1) is 34.8. The van der Waals surface area contributed by atoms with Crippen LogP contribution in [0.4, 0.5) is 5.69 Å². The number of piperidine rings is 1. The predicted octanol–water partition coefficient (Wildman–Crippen LogP) is 5.52. The zero-order valence-electron chi connectivity index (χ0n) is 27.9. The number of nitro benzene ring substituents is 1. The Labute approximate surface area is 290 Å². The van der Waals surface area contributed by atoms with Gasteiger partial charge in [0.2, 0.25) is 0 Å². The van der Waals surface area contributed by atoms with E-state index in [0.717, 1.165) is 27.6 Å². The third kappa shape index (κ3) is 8.96. The van der Waals surface area contributed by atoms with E-state index in [-0.39, 0.29) is 42.8 Å². The first-order valence-electron chi connectivity index (χ1n) is 16.7. The van der Waals surface area contributed by atoms with Crippen LogP contribution in [0.5, 0.6) is 17.2 Å². The van der Waals surface area contributed by atoms with E-state index in [1.54, 1.807) is 37.8 Å². The van der Waals surface area contributed by atoms with Gasteiger partial charge in [-0.05, 0) is 46.8 Å². The average molecular weight is 683 g/mol. The first-order chi connectivity index (χ1) is 24.5. The summed E-state index contributed by atoms with van der Waals surface area (Å²) in [4.78, 5) is 14.8. The second kappa shape index (κ2) is 17.1. The highest BCUT2D eigenvalue weighted by molar-refractivity contribution is 5.89. The van der Waals surface area contributed by atoms with Crippen LogP contribution in [-0.4, -0.2) is 77.9 Å². The van der Waals surface area contributed by atoms with Crippen molar-refractivity contribution >= 4 is 16.5 Å². The fourth-order valence-electron chi connectivity index (χ4n) is 6.28. The molecule has 12 nitrogen and oxygen atoms in total. The van der Waals surface area contributed by atoms with Crippen LogP contribution in [-0.2, 0) is 22.6 Å². The summed E-state index contributed by atoms with van der Waals surface area (Å²) in [7, 11) is 1.68. The fourth-order valence-corrected chi connectivity index (χ4v) is 6.28. The van der Waals surface area contributed by atoms with E-state index in [2.05, 4.69) is 22.4 Å². The van der Waals surface area contributed by atoms with Gasteiger partial charge in [0.15, 0.2) is 5.75 Å². The smallest absolute Gasteiger partial charge is 0.310 e. The summed E-state index contributed by atoms with van der Waals surface area (Å²) < 4.78 is 32.1. The highest BCUT2D eigenvalue weighted by Crippen LogP contribution is 2.33. The number of nitrogens with zero attached hydrogens (tertiary/aromatic N) is 3. The van der Waals surface area contributed by atoms with Crippen LogP contribution in [0, 0.1) is 10.1 Å². The largest absolute Gasteiger partial charge is 0.496 e. The first-order valence-corrected chi connectivity index (χ1v) is 16.7. The number of benzene rings is 4. The van der Waals surface area contributed by atoms with Crippen LogP contribution in [0.1, 0.15) is 23.5 Å². The molecule has 0 amide bonds. The van der Waals surface area contributed by atoms with Crippen LogP contribution >= 0.6 is 0 Å². The van der Waals surface area contributed by atoms with E-state index < -0.39 is 11.0 Å². The van der Waals surface area contributed by atoms with Crippen LogP contribution < -0.4 is 19.5 Å². The maximum absolute atomic E-state index is 11.2. The Morgan fingerprint density at radius 1 is 0.960 bits per heavy atom. The number of ether oxygens (including phenoxy) is 5. The molecule has 1 aliphatic rings. The van der Waals surface area contributed by atoms with Gasteiger partial charge in [-0.1, -0.05) is 48.5 Å². The molecular weight excluding hydrogens is 640 g/mol. The molecule has 4 atom stereocenters. The summed E-state index contributed by atoms with van der Waals surface area (Å²) in [5.74, 6) is 1.62. The molecule has 1 fully saturated rings. The van der Waals surface area contributed by atoms with Crippen molar-refractivity contribution in [3.8, 4) is 17.2 Å². The number of nitro groups is 1. The number of methoxy groups -OCH3 is 1. The average Bonchev–Trinajstić information content (AvgIpc) is 3.66. The Morgan fingerprint density at radius 2 is 1.72 bits per heavy atom. The molecule has 4 aromatic carbocycles. The van der Waals surface area contributed by atoms with Gasteiger partial charge >= 0.3 is 5.69 Å². The Kier molecular flexibility index (Phi) is 11.9. The fraction of sp³-hybridized carbons (Fsp3) is 0.342. The van der Waals surface area contributed by atoms with Gasteiger partial charge in [-0.2, -0.15) is 0 Å². The van der Waals surface area contributed by atoms with Crippen molar-refractivity contribution in [2.24, 2.45) is 0 Å². The molecule has 0 aliphatic carbocycles.